The van der Waals surface area contributed by atoms with Gasteiger partial charge in [-0.25, -0.2) is 12.8 Å². The molecule has 0 heterocycles. The van der Waals surface area contributed by atoms with Gasteiger partial charge in [0.1, 0.15) is 11.9 Å². The SMILES string of the molecule is Cc1cc(C)cc(N(CCCC(=O)N(Cc2ccc(F)cc2)[C@H](Cc2ccccc2)C(=O)NC2CCCCC2)S(C)(=O)=O)c1. The predicted molar refractivity (Wildman–Crippen MR) is 173 cm³/mol. The maximum absolute atomic E-state index is 14.0. The van der Waals surface area contributed by atoms with Crippen LogP contribution in [0.15, 0.2) is 72.8 Å². The highest BCUT2D eigenvalue weighted by Gasteiger charge is 2.32. The quantitative estimate of drug-likeness (QED) is 0.251. The molecular formula is C35H44FN3O4S. The third kappa shape index (κ3) is 9.64. The molecule has 1 aliphatic rings. The number of aryl methyl sites for hydroxylation is 2. The Kier molecular flexibility index (Phi) is 11.6. The van der Waals surface area contributed by atoms with Gasteiger partial charge in [0.05, 0.1) is 11.9 Å². The summed E-state index contributed by atoms with van der Waals surface area (Å²) in [6.45, 7) is 4.08. The number of rotatable bonds is 13. The zero-order chi connectivity index (χ0) is 31.7. The number of hydrogen-bond donors (Lipinski definition) is 1. The van der Waals surface area contributed by atoms with Crippen LogP contribution in [0.5, 0.6) is 0 Å². The van der Waals surface area contributed by atoms with E-state index in [1.165, 1.54) is 22.7 Å². The molecule has 0 saturated heterocycles. The van der Waals surface area contributed by atoms with E-state index >= 15 is 0 Å². The fraction of sp³-hybridized carbons (Fsp3) is 0.429. The lowest BCUT2D eigenvalue weighted by Crippen LogP contribution is -2.52. The molecule has 0 radical (unpaired) electrons. The Labute approximate surface area is 261 Å². The molecular weight excluding hydrogens is 577 g/mol. The van der Waals surface area contributed by atoms with Crippen LogP contribution in [0, 0.1) is 19.7 Å². The van der Waals surface area contributed by atoms with Crippen molar-refractivity contribution >= 4 is 27.5 Å². The van der Waals surface area contributed by atoms with Gasteiger partial charge in [-0.2, -0.15) is 0 Å². The van der Waals surface area contributed by atoms with Gasteiger partial charge < -0.3 is 10.2 Å². The summed E-state index contributed by atoms with van der Waals surface area (Å²) in [6.07, 6.45) is 6.89. The summed E-state index contributed by atoms with van der Waals surface area (Å²) < 4.78 is 40.6. The molecule has 7 nitrogen and oxygen atoms in total. The first-order valence-electron chi connectivity index (χ1n) is 15.4. The summed E-state index contributed by atoms with van der Waals surface area (Å²) in [6, 6.07) is 20.4. The van der Waals surface area contributed by atoms with Crippen LogP contribution in [0.2, 0.25) is 0 Å². The van der Waals surface area contributed by atoms with Crippen LogP contribution in [-0.4, -0.2) is 50.0 Å². The Morgan fingerprint density at radius 2 is 1.55 bits per heavy atom. The standard InChI is InChI=1S/C35H44FN3O4S/c1-26-21-27(2)23-32(22-26)39(44(3,42)43)20-10-15-34(40)38(25-29-16-18-30(36)19-17-29)33(24-28-11-6-4-7-12-28)35(41)37-31-13-8-5-9-14-31/h4,6-7,11-12,16-19,21-23,31,33H,5,8-10,13-15,20,24-25H2,1-3H3,(H,37,41)/t33-/m1/s1. The van der Waals surface area contributed by atoms with Crippen molar-refractivity contribution in [2.75, 3.05) is 17.1 Å². The van der Waals surface area contributed by atoms with Crippen molar-refractivity contribution in [2.45, 2.75) is 83.8 Å². The first-order chi connectivity index (χ1) is 21.0. The van der Waals surface area contributed by atoms with Crippen LogP contribution in [0.4, 0.5) is 10.1 Å². The molecule has 0 bridgehead atoms. The van der Waals surface area contributed by atoms with Gasteiger partial charge in [-0.05, 0) is 79.6 Å². The lowest BCUT2D eigenvalue weighted by molar-refractivity contribution is -0.141. The fourth-order valence-electron chi connectivity index (χ4n) is 5.98. The molecule has 0 aromatic heterocycles. The normalized spacial score (nSPS) is 14.5. The molecule has 3 aromatic carbocycles. The van der Waals surface area contributed by atoms with Crippen LogP contribution in [0.1, 0.15) is 67.2 Å². The highest BCUT2D eigenvalue weighted by molar-refractivity contribution is 7.92. The number of halogens is 1. The molecule has 3 aromatic rings. The van der Waals surface area contributed by atoms with Crippen LogP contribution in [0.25, 0.3) is 0 Å². The Bertz CT molecular complexity index is 1490. The minimum atomic E-state index is -3.60. The number of nitrogens with one attached hydrogen (secondary N) is 1. The van der Waals surface area contributed by atoms with Gasteiger partial charge in [-0.1, -0.05) is 67.8 Å². The van der Waals surface area contributed by atoms with Gasteiger partial charge >= 0.3 is 0 Å². The maximum Gasteiger partial charge on any atom is 0.243 e. The van der Waals surface area contributed by atoms with E-state index in [0.29, 0.717) is 17.7 Å². The summed E-state index contributed by atoms with van der Waals surface area (Å²) in [5.74, 6) is -0.845. The number of benzene rings is 3. The molecule has 44 heavy (non-hydrogen) atoms. The third-order valence-electron chi connectivity index (χ3n) is 8.14. The second-order valence-corrected chi connectivity index (χ2v) is 13.9. The summed E-state index contributed by atoms with van der Waals surface area (Å²) in [4.78, 5) is 29.5. The van der Waals surface area contributed by atoms with E-state index in [4.69, 9.17) is 0 Å². The Morgan fingerprint density at radius 3 is 2.16 bits per heavy atom. The van der Waals surface area contributed by atoms with Crippen molar-refractivity contribution in [1.29, 1.82) is 0 Å². The summed E-state index contributed by atoms with van der Waals surface area (Å²) in [7, 11) is -3.60. The van der Waals surface area contributed by atoms with E-state index in [-0.39, 0.29) is 49.6 Å². The number of amides is 2. The van der Waals surface area contributed by atoms with Gasteiger partial charge in [0.15, 0.2) is 0 Å². The van der Waals surface area contributed by atoms with Gasteiger partial charge in [0, 0.05) is 32.0 Å². The summed E-state index contributed by atoms with van der Waals surface area (Å²) in [5, 5.41) is 3.22. The van der Waals surface area contributed by atoms with E-state index in [0.717, 1.165) is 48.8 Å². The molecule has 2 amide bonds. The number of sulfonamides is 1. The molecule has 0 aliphatic heterocycles. The molecule has 0 spiro atoms. The maximum atomic E-state index is 14.0. The smallest absolute Gasteiger partial charge is 0.243 e. The first-order valence-corrected chi connectivity index (χ1v) is 17.3. The fourth-order valence-corrected chi connectivity index (χ4v) is 6.93. The lowest BCUT2D eigenvalue weighted by atomic mass is 9.94. The average molecular weight is 622 g/mol. The molecule has 1 N–H and O–H groups in total. The minimum absolute atomic E-state index is 0.0417. The minimum Gasteiger partial charge on any atom is -0.352 e. The highest BCUT2D eigenvalue weighted by Crippen LogP contribution is 2.24. The number of carbonyl (C=O) groups excluding carboxylic acids is 2. The molecule has 1 saturated carbocycles. The Morgan fingerprint density at radius 1 is 0.909 bits per heavy atom. The summed E-state index contributed by atoms with van der Waals surface area (Å²) in [5.41, 5.74) is 4.09. The first kappa shape index (κ1) is 33.2. The van der Waals surface area contributed by atoms with Crippen LogP contribution in [-0.2, 0) is 32.6 Å². The van der Waals surface area contributed by atoms with Gasteiger partial charge in [-0.15, -0.1) is 0 Å². The van der Waals surface area contributed by atoms with Crippen molar-refractivity contribution in [3.05, 3.63) is 101 Å². The molecule has 0 unspecified atom stereocenters. The lowest BCUT2D eigenvalue weighted by Gasteiger charge is -2.34. The van der Waals surface area contributed by atoms with Crippen LogP contribution >= 0.6 is 0 Å². The van der Waals surface area contributed by atoms with Crippen molar-refractivity contribution in [3.63, 3.8) is 0 Å². The zero-order valence-electron chi connectivity index (χ0n) is 26.0. The molecule has 236 valence electrons. The number of hydrogen-bond acceptors (Lipinski definition) is 4. The molecule has 9 heteroatoms. The van der Waals surface area contributed by atoms with E-state index in [1.54, 1.807) is 17.0 Å². The number of nitrogens with zero attached hydrogens (tertiary/aromatic N) is 2. The van der Waals surface area contributed by atoms with Gasteiger partial charge in [0.25, 0.3) is 0 Å². The highest BCUT2D eigenvalue weighted by atomic mass is 32.2. The topological polar surface area (TPSA) is 86.8 Å². The average Bonchev–Trinajstić information content (AvgIpc) is 2.98. The number of anilines is 1. The van der Waals surface area contributed by atoms with Crippen LogP contribution in [0.3, 0.4) is 0 Å². The summed E-state index contributed by atoms with van der Waals surface area (Å²) >= 11 is 0. The van der Waals surface area contributed by atoms with E-state index in [1.807, 2.05) is 62.4 Å². The Hall–Kier alpha value is -3.72. The zero-order valence-corrected chi connectivity index (χ0v) is 26.8. The second kappa shape index (κ2) is 15.3. The second-order valence-electron chi connectivity index (χ2n) is 12.0. The molecule has 1 aliphatic carbocycles. The third-order valence-corrected chi connectivity index (χ3v) is 9.33. The van der Waals surface area contributed by atoms with E-state index in [2.05, 4.69) is 5.32 Å². The monoisotopic (exact) mass is 621 g/mol. The van der Waals surface area contributed by atoms with Crippen molar-refractivity contribution in [3.8, 4) is 0 Å². The molecule has 1 atom stereocenters. The number of carbonyl (C=O) groups is 2. The predicted octanol–water partition coefficient (Wildman–Crippen LogP) is 6.08. The Balaban J connectivity index is 1.59. The molecule has 4 rings (SSSR count). The van der Waals surface area contributed by atoms with Crippen molar-refractivity contribution in [1.82, 2.24) is 10.2 Å². The molecule has 1 fully saturated rings. The van der Waals surface area contributed by atoms with Crippen molar-refractivity contribution in [2.24, 2.45) is 0 Å². The van der Waals surface area contributed by atoms with Gasteiger partial charge in [-0.3, -0.25) is 13.9 Å². The largest absolute Gasteiger partial charge is 0.352 e. The van der Waals surface area contributed by atoms with E-state index in [9.17, 15) is 22.4 Å². The van der Waals surface area contributed by atoms with Crippen molar-refractivity contribution < 1.29 is 22.4 Å². The van der Waals surface area contributed by atoms with E-state index < -0.39 is 16.1 Å². The van der Waals surface area contributed by atoms with Crippen LogP contribution < -0.4 is 9.62 Å². The van der Waals surface area contributed by atoms with Gasteiger partial charge in [0.2, 0.25) is 21.8 Å².